The van der Waals surface area contributed by atoms with E-state index in [1.165, 1.54) is 0 Å². The van der Waals surface area contributed by atoms with Gasteiger partial charge in [0.1, 0.15) is 11.5 Å². The van der Waals surface area contributed by atoms with Crippen molar-refractivity contribution in [1.82, 2.24) is 9.97 Å². The molecule has 2 aromatic carbocycles. The van der Waals surface area contributed by atoms with Crippen LogP contribution in [0.2, 0.25) is 0 Å². The summed E-state index contributed by atoms with van der Waals surface area (Å²) >= 11 is 0. The summed E-state index contributed by atoms with van der Waals surface area (Å²) in [5, 5.41) is 0. The van der Waals surface area contributed by atoms with Gasteiger partial charge in [-0.15, -0.1) is 0 Å². The van der Waals surface area contributed by atoms with Crippen LogP contribution >= 0.6 is 0 Å². The Balaban J connectivity index is 1.59. The van der Waals surface area contributed by atoms with Crippen LogP contribution in [-0.4, -0.2) is 22.5 Å². The Bertz CT molecular complexity index is 936. The van der Waals surface area contributed by atoms with Crippen LogP contribution in [0.4, 0.5) is 0 Å². The zero-order valence-electron chi connectivity index (χ0n) is 18.3. The van der Waals surface area contributed by atoms with Gasteiger partial charge in [-0.05, 0) is 54.8 Å². The minimum atomic E-state index is -0.185. The summed E-state index contributed by atoms with van der Waals surface area (Å²) in [7, 11) is 0. The standard InChI is InChI=1S/C26H30N2O3/c1-3-5-7-8-25(29)31-24-15-9-20(10-16-24)22-18-27-26(28-19-22)21-11-13-23(14-12-21)30-17-6-4-2/h9-16,18-19H,3-8,17H2,1-2H3. The van der Waals surface area contributed by atoms with Gasteiger partial charge in [0.05, 0.1) is 6.61 Å². The molecule has 0 aliphatic heterocycles. The van der Waals surface area contributed by atoms with E-state index in [1.54, 1.807) is 24.5 Å². The van der Waals surface area contributed by atoms with Gasteiger partial charge in [-0.2, -0.15) is 0 Å². The number of carbonyl (C=O) groups is 1. The lowest BCUT2D eigenvalue weighted by atomic mass is 10.1. The summed E-state index contributed by atoms with van der Waals surface area (Å²) in [5.41, 5.74) is 2.82. The van der Waals surface area contributed by atoms with E-state index in [-0.39, 0.29) is 5.97 Å². The maximum absolute atomic E-state index is 11.9. The number of rotatable bonds is 11. The van der Waals surface area contributed by atoms with Gasteiger partial charge in [0.15, 0.2) is 5.82 Å². The third kappa shape index (κ3) is 6.92. The average Bonchev–Trinajstić information content (AvgIpc) is 2.81. The molecule has 1 heterocycles. The van der Waals surface area contributed by atoms with E-state index in [0.29, 0.717) is 18.0 Å². The van der Waals surface area contributed by atoms with Crippen LogP contribution in [0.5, 0.6) is 11.5 Å². The first-order valence-corrected chi connectivity index (χ1v) is 11.1. The molecule has 0 saturated carbocycles. The van der Waals surface area contributed by atoms with Gasteiger partial charge in [0, 0.05) is 29.9 Å². The Morgan fingerprint density at radius 3 is 2.00 bits per heavy atom. The second-order valence-electron chi connectivity index (χ2n) is 7.48. The van der Waals surface area contributed by atoms with Crippen molar-refractivity contribution >= 4 is 5.97 Å². The number of unbranched alkanes of at least 4 members (excludes halogenated alkanes) is 3. The quantitative estimate of drug-likeness (QED) is 0.203. The van der Waals surface area contributed by atoms with E-state index < -0.39 is 0 Å². The van der Waals surface area contributed by atoms with Crippen LogP contribution in [0, 0.1) is 0 Å². The Morgan fingerprint density at radius 2 is 1.35 bits per heavy atom. The van der Waals surface area contributed by atoms with Gasteiger partial charge in [-0.1, -0.05) is 45.2 Å². The SMILES string of the molecule is CCCCCC(=O)Oc1ccc(-c2cnc(-c3ccc(OCCCC)cc3)nc2)cc1. The van der Waals surface area contributed by atoms with Crippen LogP contribution in [0.3, 0.4) is 0 Å². The van der Waals surface area contributed by atoms with Crippen molar-refractivity contribution in [2.24, 2.45) is 0 Å². The first-order valence-electron chi connectivity index (χ1n) is 11.1. The summed E-state index contributed by atoms with van der Waals surface area (Å²) in [5.74, 6) is 1.90. The molecule has 31 heavy (non-hydrogen) atoms. The van der Waals surface area contributed by atoms with Gasteiger partial charge in [0.2, 0.25) is 0 Å². The number of hydrogen-bond acceptors (Lipinski definition) is 5. The maximum atomic E-state index is 11.9. The van der Waals surface area contributed by atoms with Gasteiger partial charge in [-0.25, -0.2) is 9.97 Å². The van der Waals surface area contributed by atoms with Crippen molar-refractivity contribution in [3.63, 3.8) is 0 Å². The van der Waals surface area contributed by atoms with E-state index in [9.17, 15) is 4.79 Å². The van der Waals surface area contributed by atoms with E-state index in [1.807, 2.05) is 36.4 Å². The molecule has 3 aromatic rings. The number of nitrogens with zero attached hydrogens (tertiary/aromatic N) is 2. The van der Waals surface area contributed by atoms with Gasteiger partial charge < -0.3 is 9.47 Å². The first kappa shape index (κ1) is 22.5. The molecule has 0 radical (unpaired) electrons. The Labute approximate surface area is 184 Å². The third-order valence-corrected chi connectivity index (χ3v) is 4.93. The van der Waals surface area contributed by atoms with Crippen LogP contribution in [0.1, 0.15) is 52.4 Å². The molecular formula is C26H30N2O3. The van der Waals surface area contributed by atoms with Crippen LogP contribution in [-0.2, 0) is 4.79 Å². The molecule has 0 N–H and O–H groups in total. The molecule has 0 spiro atoms. The fourth-order valence-electron chi connectivity index (χ4n) is 3.08. The summed E-state index contributed by atoms with van der Waals surface area (Å²) in [4.78, 5) is 20.9. The molecule has 1 aromatic heterocycles. The number of hydrogen-bond donors (Lipinski definition) is 0. The minimum absolute atomic E-state index is 0.185. The van der Waals surface area contributed by atoms with Crippen molar-refractivity contribution in [3.05, 3.63) is 60.9 Å². The fraction of sp³-hybridized carbons (Fsp3) is 0.346. The molecular weight excluding hydrogens is 388 g/mol. The van der Waals surface area contributed by atoms with Gasteiger partial charge in [0.25, 0.3) is 0 Å². The molecule has 0 unspecified atom stereocenters. The molecule has 0 saturated heterocycles. The second-order valence-corrected chi connectivity index (χ2v) is 7.48. The first-order chi connectivity index (χ1) is 15.2. The normalized spacial score (nSPS) is 10.6. The largest absolute Gasteiger partial charge is 0.494 e. The number of esters is 1. The van der Waals surface area contributed by atoms with Crippen LogP contribution in [0.25, 0.3) is 22.5 Å². The minimum Gasteiger partial charge on any atom is -0.494 e. The number of aromatic nitrogens is 2. The van der Waals surface area contributed by atoms with Crippen molar-refractivity contribution in [2.75, 3.05) is 6.61 Å². The van der Waals surface area contributed by atoms with Gasteiger partial charge in [-0.3, -0.25) is 4.79 Å². The van der Waals surface area contributed by atoms with Crippen molar-refractivity contribution in [2.45, 2.75) is 52.4 Å². The Hall–Kier alpha value is -3.21. The summed E-state index contributed by atoms with van der Waals surface area (Å²) in [6, 6.07) is 15.3. The third-order valence-electron chi connectivity index (χ3n) is 4.93. The molecule has 0 atom stereocenters. The molecule has 3 rings (SSSR count). The summed E-state index contributed by atoms with van der Waals surface area (Å²) < 4.78 is 11.1. The topological polar surface area (TPSA) is 61.3 Å². The van der Waals surface area contributed by atoms with Crippen molar-refractivity contribution < 1.29 is 14.3 Å². The summed E-state index contributed by atoms with van der Waals surface area (Å²) in [6.07, 6.45) is 9.23. The maximum Gasteiger partial charge on any atom is 0.311 e. The molecule has 5 heteroatoms. The van der Waals surface area contributed by atoms with Crippen LogP contribution in [0.15, 0.2) is 60.9 Å². The predicted octanol–water partition coefficient (Wildman–Crippen LogP) is 6.48. The molecule has 5 nitrogen and oxygen atoms in total. The van der Waals surface area contributed by atoms with Crippen LogP contribution < -0.4 is 9.47 Å². The molecule has 0 amide bonds. The summed E-state index contributed by atoms with van der Waals surface area (Å²) in [6.45, 7) is 4.99. The molecule has 162 valence electrons. The highest BCUT2D eigenvalue weighted by Crippen LogP contribution is 2.24. The fourth-order valence-corrected chi connectivity index (χ4v) is 3.08. The highest BCUT2D eigenvalue weighted by atomic mass is 16.5. The lowest BCUT2D eigenvalue weighted by Crippen LogP contribution is -2.07. The zero-order valence-corrected chi connectivity index (χ0v) is 18.3. The molecule has 0 aliphatic carbocycles. The lowest BCUT2D eigenvalue weighted by molar-refractivity contribution is -0.134. The van der Waals surface area contributed by atoms with E-state index in [4.69, 9.17) is 9.47 Å². The number of benzene rings is 2. The van der Waals surface area contributed by atoms with Gasteiger partial charge >= 0.3 is 5.97 Å². The molecule has 0 bridgehead atoms. The number of carbonyl (C=O) groups excluding carboxylic acids is 1. The smallest absolute Gasteiger partial charge is 0.311 e. The van der Waals surface area contributed by atoms with E-state index >= 15 is 0 Å². The Kier molecular flexibility index (Phi) is 8.59. The van der Waals surface area contributed by atoms with Crippen molar-refractivity contribution in [1.29, 1.82) is 0 Å². The predicted molar refractivity (Wildman–Crippen MR) is 123 cm³/mol. The second kappa shape index (κ2) is 11.8. The lowest BCUT2D eigenvalue weighted by Gasteiger charge is -2.07. The molecule has 0 fully saturated rings. The highest BCUT2D eigenvalue weighted by molar-refractivity contribution is 5.73. The van der Waals surface area contributed by atoms with Crippen molar-refractivity contribution in [3.8, 4) is 34.0 Å². The molecule has 0 aliphatic rings. The zero-order chi connectivity index (χ0) is 21.9. The van der Waals surface area contributed by atoms with E-state index in [0.717, 1.165) is 61.2 Å². The highest BCUT2D eigenvalue weighted by Gasteiger charge is 2.07. The monoisotopic (exact) mass is 418 g/mol. The average molecular weight is 419 g/mol. The van der Waals surface area contributed by atoms with E-state index in [2.05, 4.69) is 23.8 Å². The number of ether oxygens (including phenoxy) is 2. The Morgan fingerprint density at radius 1 is 0.742 bits per heavy atom.